The minimum Gasteiger partial charge on any atom is -0.459 e. The van der Waals surface area contributed by atoms with Crippen molar-refractivity contribution in [3.05, 3.63) is 40.4 Å². The topological polar surface area (TPSA) is 88.5 Å². The molecule has 136 valence electrons. The van der Waals surface area contributed by atoms with Crippen molar-refractivity contribution in [3.8, 4) is 11.7 Å². The zero-order chi connectivity index (χ0) is 17.9. The number of carbonyl (C=O) groups excluding carboxylic acids is 1. The number of hydrogen-bond acceptors (Lipinski definition) is 8. The molecule has 1 saturated heterocycles. The lowest BCUT2D eigenvalue weighted by molar-refractivity contribution is -0.132. The van der Waals surface area contributed by atoms with E-state index in [-0.39, 0.29) is 5.91 Å². The van der Waals surface area contributed by atoms with Gasteiger partial charge in [0.2, 0.25) is 11.8 Å². The summed E-state index contributed by atoms with van der Waals surface area (Å²) < 4.78 is 10.9. The van der Waals surface area contributed by atoms with Crippen molar-refractivity contribution in [1.82, 2.24) is 25.0 Å². The van der Waals surface area contributed by atoms with Crippen molar-refractivity contribution in [2.45, 2.75) is 19.9 Å². The molecule has 0 saturated carbocycles. The molecule has 1 amide bonds. The summed E-state index contributed by atoms with van der Waals surface area (Å²) in [5.74, 6) is 1.64. The summed E-state index contributed by atoms with van der Waals surface area (Å²) in [6.45, 7) is 5.46. The van der Waals surface area contributed by atoms with Gasteiger partial charge in [0.25, 0.3) is 5.89 Å². The maximum Gasteiger partial charge on any atom is 0.283 e. The van der Waals surface area contributed by atoms with E-state index in [1.807, 2.05) is 17.2 Å². The van der Waals surface area contributed by atoms with Crippen molar-refractivity contribution in [3.63, 3.8) is 0 Å². The minimum atomic E-state index is 0.136. The molecule has 3 aromatic rings. The Labute approximate surface area is 154 Å². The molecule has 0 aromatic carbocycles. The third-order valence-electron chi connectivity index (χ3n) is 4.25. The van der Waals surface area contributed by atoms with Crippen LogP contribution in [0.2, 0.25) is 0 Å². The van der Waals surface area contributed by atoms with Crippen molar-refractivity contribution in [2.24, 2.45) is 0 Å². The Bertz CT molecular complexity index is 865. The predicted octanol–water partition coefficient (Wildman–Crippen LogP) is 1.98. The molecule has 1 aliphatic heterocycles. The molecule has 26 heavy (non-hydrogen) atoms. The van der Waals surface area contributed by atoms with Crippen LogP contribution in [0.25, 0.3) is 11.7 Å². The number of hydrogen-bond donors (Lipinski definition) is 0. The number of amides is 1. The second-order valence-electron chi connectivity index (χ2n) is 6.19. The molecule has 0 spiro atoms. The lowest BCUT2D eigenvalue weighted by Gasteiger charge is -2.33. The second kappa shape index (κ2) is 7.38. The van der Waals surface area contributed by atoms with Crippen LogP contribution in [-0.2, 0) is 17.8 Å². The number of aromatic nitrogens is 3. The molecule has 9 heteroatoms. The number of aryl methyl sites for hydroxylation is 1. The van der Waals surface area contributed by atoms with E-state index >= 15 is 0 Å². The monoisotopic (exact) mass is 373 g/mol. The summed E-state index contributed by atoms with van der Waals surface area (Å²) >= 11 is 1.54. The first kappa shape index (κ1) is 16.9. The van der Waals surface area contributed by atoms with E-state index in [0.717, 1.165) is 23.8 Å². The first-order valence-electron chi connectivity index (χ1n) is 8.45. The fourth-order valence-electron chi connectivity index (χ4n) is 2.89. The van der Waals surface area contributed by atoms with Gasteiger partial charge in [-0.1, -0.05) is 0 Å². The van der Waals surface area contributed by atoms with E-state index in [1.54, 1.807) is 29.7 Å². The van der Waals surface area contributed by atoms with E-state index in [9.17, 15) is 4.79 Å². The average molecular weight is 373 g/mol. The zero-order valence-corrected chi connectivity index (χ0v) is 15.2. The van der Waals surface area contributed by atoms with E-state index in [4.69, 9.17) is 8.83 Å². The smallest absolute Gasteiger partial charge is 0.283 e. The summed E-state index contributed by atoms with van der Waals surface area (Å²) in [6, 6.07) is 3.56. The zero-order valence-electron chi connectivity index (χ0n) is 14.4. The predicted molar refractivity (Wildman–Crippen MR) is 94.4 cm³/mol. The highest BCUT2D eigenvalue weighted by Crippen LogP contribution is 2.19. The fourth-order valence-corrected chi connectivity index (χ4v) is 3.65. The van der Waals surface area contributed by atoms with Gasteiger partial charge in [-0.05, 0) is 19.1 Å². The van der Waals surface area contributed by atoms with E-state index in [2.05, 4.69) is 20.1 Å². The molecule has 0 atom stereocenters. The summed E-state index contributed by atoms with van der Waals surface area (Å²) in [5, 5.41) is 10.9. The number of nitrogens with zero attached hydrogens (tertiary/aromatic N) is 5. The number of thiazole rings is 1. The Morgan fingerprint density at radius 1 is 1.27 bits per heavy atom. The standard InChI is InChI=1S/C17H19N5O3S/c1-12-11-26-15(18-12)9-16(23)22-6-4-21(5-7-22)10-14-19-20-17(25-14)13-3-2-8-24-13/h2-3,8,11H,4-7,9-10H2,1H3. The van der Waals surface area contributed by atoms with Crippen LogP contribution in [0, 0.1) is 6.92 Å². The van der Waals surface area contributed by atoms with Crippen molar-refractivity contribution in [1.29, 1.82) is 0 Å². The Morgan fingerprint density at radius 2 is 2.12 bits per heavy atom. The highest BCUT2D eigenvalue weighted by Gasteiger charge is 2.23. The molecule has 4 rings (SSSR count). The largest absolute Gasteiger partial charge is 0.459 e. The molecule has 0 unspecified atom stereocenters. The Hall–Kier alpha value is -2.52. The van der Waals surface area contributed by atoms with Crippen LogP contribution >= 0.6 is 11.3 Å². The highest BCUT2D eigenvalue weighted by atomic mass is 32.1. The van der Waals surface area contributed by atoms with Crippen LogP contribution in [-0.4, -0.2) is 57.1 Å². The number of piperazine rings is 1. The first-order valence-corrected chi connectivity index (χ1v) is 9.33. The minimum absolute atomic E-state index is 0.136. The fraction of sp³-hybridized carbons (Fsp3) is 0.412. The lowest BCUT2D eigenvalue weighted by Crippen LogP contribution is -2.48. The van der Waals surface area contributed by atoms with E-state index in [1.165, 1.54) is 0 Å². The average Bonchev–Trinajstić information content (AvgIpc) is 3.37. The Balaban J connectivity index is 1.28. The van der Waals surface area contributed by atoms with Crippen LogP contribution in [0.15, 0.2) is 32.6 Å². The Kier molecular flexibility index (Phi) is 4.81. The van der Waals surface area contributed by atoms with Crippen molar-refractivity contribution in [2.75, 3.05) is 26.2 Å². The molecule has 8 nitrogen and oxygen atoms in total. The molecule has 1 aliphatic rings. The molecule has 1 fully saturated rings. The van der Waals surface area contributed by atoms with Crippen molar-refractivity contribution >= 4 is 17.2 Å². The van der Waals surface area contributed by atoms with Gasteiger partial charge in [-0.25, -0.2) is 4.98 Å². The molecule has 3 aromatic heterocycles. The van der Waals surface area contributed by atoms with Gasteiger partial charge in [-0.3, -0.25) is 9.69 Å². The van der Waals surface area contributed by atoms with Gasteiger partial charge in [0.15, 0.2) is 5.76 Å². The molecule has 0 radical (unpaired) electrons. The maximum atomic E-state index is 12.4. The molecule has 0 aliphatic carbocycles. The van der Waals surface area contributed by atoms with Gasteiger partial charge in [-0.2, -0.15) is 0 Å². The van der Waals surface area contributed by atoms with Gasteiger partial charge < -0.3 is 13.7 Å². The van der Waals surface area contributed by atoms with Gasteiger partial charge in [0, 0.05) is 37.3 Å². The van der Waals surface area contributed by atoms with Gasteiger partial charge in [0.05, 0.1) is 19.2 Å². The maximum absolute atomic E-state index is 12.4. The molecule has 4 heterocycles. The molecule has 0 N–H and O–H groups in total. The third kappa shape index (κ3) is 3.83. The van der Waals surface area contributed by atoms with Crippen molar-refractivity contribution < 1.29 is 13.6 Å². The number of rotatable bonds is 5. The quantitative estimate of drug-likeness (QED) is 0.676. The normalized spacial score (nSPS) is 15.5. The number of furan rings is 1. The SMILES string of the molecule is Cc1csc(CC(=O)N2CCN(Cc3nnc(-c4ccco4)o3)CC2)n1. The summed E-state index contributed by atoms with van der Waals surface area (Å²) in [7, 11) is 0. The van der Waals surface area contributed by atoms with Crippen LogP contribution in [0.5, 0.6) is 0 Å². The summed E-state index contributed by atoms with van der Waals surface area (Å²) in [6.07, 6.45) is 1.96. The summed E-state index contributed by atoms with van der Waals surface area (Å²) in [4.78, 5) is 20.9. The van der Waals surface area contributed by atoms with Crippen LogP contribution < -0.4 is 0 Å². The Morgan fingerprint density at radius 3 is 2.81 bits per heavy atom. The third-order valence-corrected chi connectivity index (χ3v) is 5.22. The van der Waals surface area contributed by atoms with Gasteiger partial charge in [-0.15, -0.1) is 21.5 Å². The van der Waals surface area contributed by atoms with E-state index < -0.39 is 0 Å². The van der Waals surface area contributed by atoms with Crippen LogP contribution in [0.3, 0.4) is 0 Å². The van der Waals surface area contributed by atoms with Gasteiger partial charge in [0.1, 0.15) is 5.01 Å². The summed E-state index contributed by atoms with van der Waals surface area (Å²) in [5.41, 5.74) is 0.969. The highest BCUT2D eigenvalue weighted by molar-refractivity contribution is 7.09. The van der Waals surface area contributed by atoms with Crippen LogP contribution in [0.4, 0.5) is 0 Å². The second-order valence-corrected chi connectivity index (χ2v) is 7.14. The van der Waals surface area contributed by atoms with Gasteiger partial charge >= 0.3 is 0 Å². The molecular weight excluding hydrogens is 354 g/mol. The lowest BCUT2D eigenvalue weighted by atomic mass is 10.2. The molecule has 0 bridgehead atoms. The number of carbonyl (C=O) groups is 1. The molecular formula is C17H19N5O3S. The van der Waals surface area contributed by atoms with Crippen LogP contribution in [0.1, 0.15) is 16.6 Å². The first-order chi connectivity index (χ1) is 12.7. The van der Waals surface area contributed by atoms with E-state index in [0.29, 0.717) is 43.6 Å².